The first-order valence-corrected chi connectivity index (χ1v) is 6.30. The van der Waals surface area contributed by atoms with Gasteiger partial charge in [0.25, 0.3) is 0 Å². The van der Waals surface area contributed by atoms with Crippen LogP contribution in [0.1, 0.15) is 11.1 Å². The number of nitrogens with one attached hydrogen (secondary N) is 1. The topological polar surface area (TPSA) is 21.3 Å². The molecule has 0 saturated carbocycles. The lowest BCUT2D eigenvalue weighted by molar-refractivity contribution is 0.416. The average molecular weight is 280 g/mol. The van der Waals surface area contributed by atoms with Crippen molar-refractivity contribution in [2.45, 2.75) is 13.5 Å². The SMILES string of the molecule is COc1cc(C)ccc1NCc1ccc(F)cc1Cl. The van der Waals surface area contributed by atoms with Gasteiger partial charge in [-0.2, -0.15) is 0 Å². The summed E-state index contributed by atoms with van der Waals surface area (Å²) < 4.78 is 18.3. The molecule has 0 aliphatic heterocycles. The molecule has 0 radical (unpaired) electrons. The molecule has 100 valence electrons. The van der Waals surface area contributed by atoms with Crippen molar-refractivity contribution in [3.05, 3.63) is 58.4 Å². The molecule has 19 heavy (non-hydrogen) atoms. The van der Waals surface area contributed by atoms with Crippen molar-refractivity contribution >= 4 is 17.3 Å². The molecule has 1 N–H and O–H groups in total. The Balaban J connectivity index is 2.14. The second-order valence-electron chi connectivity index (χ2n) is 4.29. The third-order valence-electron chi connectivity index (χ3n) is 2.84. The van der Waals surface area contributed by atoms with E-state index in [2.05, 4.69) is 5.32 Å². The molecule has 0 heterocycles. The van der Waals surface area contributed by atoms with Crippen LogP contribution in [0.5, 0.6) is 5.75 Å². The maximum absolute atomic E-state index is 12.9. The summed E-state index contributed by atoms with van der Waals surface area (Å²) >= 11 is 5.98. The number of anilines is 1. The molecule has 0 unspecified atom stereocenters. The molecule has 2 aromatic carbocycles. The number of rotatable bonds is 4. The van der Waals surface area contributed by atoms with Gasteiger partial charge in [-0.1, -0.05) is 23.7 Å². The van der Waals surface area contributed by atoms with Gasteiger partial charge < -0.3 is 10.1 Å². The van der Waals surface area contributed by atoms with Crippen molar-refractivity contribution in [2.24, 2.45) is 0 Å². The van der Waals surface area contributed by atoms with Gasteiger partial charge in [0, 0.05) is 11.6 Å². The van der Waals surface area contributed by atoms with Crippen molar-refractivity contribution in [1.82, 2.24) is 0 Å². The molecule has 0 aliphatic carbocycles. The first-order valence-electron chi connectivity index (χ1n) is 5.92. The van der Waals surface area contributed by atoms with Crippen LogP contribution in [0.15, 0.2) is 36.4 Å². The first-order chi connectivity index (χ1) is 9.10. The fourth-order valence-corrected chi connectivity index (χ4v) is 2.03. The van der Waals surface area contributed by atoms with Gasteiger partial charge in [0.05, 0.1) is 12.8 Å². The number of aryl methyl sites for hydroxylation is 1. The average Bonchev–Trinajstić information content (AvgIpc) is 2.39. The Morgan fingerprint density at radius 1 is 1.21 bits per heavy atom. The van der Waals surface area contributed by atoms with Crippen LogP contribution in [0.4, 0.5) is 10.1 Å². The quantitative estimate of drug-likeness (QED) is 0.895. The van der Waals surface area contributed by atoms with Crippen LogP contribution in [-0.2, 0) is 6.54 Å². The van der Waals surface area contributed by atoms with E-state index < -0.39 is 0 Å². The maximum atomic E-state index is 12.9. The number of hydrogen-bond acceptors (Lipinski definition) is 2. The lowest BCUT2D eigenvalue weighted by Crippen LogP contribution is -2.02. The van der Waals surface area contributed by atoms with E-state index in [0.717, 1.165) is 22.6 Å². The second-order valence-corrected chi connectivity index (χ2v) is 4.70. The molecule has 0 atom stereocenters. The van der Waals surface area contributed by atoms with E-state index in [-0.39, 0.29) is 5.82 Å². The van der Waals surface area contributed by atoms with E-state index in [4.69, 9.17) is 16.3 Å². The Morgan fingerprint density at radius 3 is 2.68 bits per heavy atom. The van der Waals surface area contributed by atoms with E-state index >= 15 is 0 Å². The minimum atomic E-state index is -0.332. The van der Waals surface area contributed by atoms with Crippen LogP contribution in [0, 0.1) is 12.7 Å². The van der Waals surface area contributed by atoms with Crippen molar-refractivity contribution in [3.63, 3.8) is 0 Å². The van der Waals surface area contributed by atoms with Gasteiger partial charge in [-0.15, -0.1) is 0 Å². The van der Waals surface area contributed by atoms with Gasteiger partial charge in [-0.05, 0) is 42.3 Å². The van der Waals surface area contributed by atoms with Crippen LogP contribution in [0.3, 0.4) is 0 Å². The van der Waals surface area contributed by atoms with Crippen LogP contribution in [0.2, 0.25) is 5.02 Å². The molecule has 0 aromatic heterocycles. The number of benzene rings is 2. The highest BCUT2D eigenvalue weighted by molar-refractivity contribution is 6.31. The van der Waals surface area contributed by atoms with Crippen LogP contribution < -0.4 is 10.1 Å². The molecule has 4 heteroatoms. The highest BCUT2D eigenvalue weighted by atomic mass is 35.5. The molecule has 0 saturated heterocycles. The van der Waals surface area contributed by atoms with Crippen molar-refractivity contribution in [1.29, 1.82) is 0 Å². The van der Waals surface area contributed by atoms with Gasteiger partial charge in [-0.3, -0.25) is 0 Å². The summed E-state index contributed by atoms with van der Waals surface area (Å²) in [6, 6.07) is 10.3. The standard InChI is InChI=1S/C15H15ClFNO/c1-10-3-6-14(15(7-10)19-2)18-9-11-4-5-12(17)8-13(11)16/h3-8,18H,9H2,1-2H3. The molecular weight excluding hydrogens is 265 g/mol. The zero-order valence-corrected chi connectivity index (χ0v) is 11.6. The summed E-state index contributed by atoms with van der Waals surface area (Å²) in [4.78, 5) is 0. The molecule has 2 rings (SSSR count). The fraction of sp³-hybridized carbons (Fsp3) is 0.200. The van der Waals surface area contributed by atoms with Crippen molar-refractivity contribution in [2.75, 3.05) is 12.4 Å². The lowest BCUT2D eigenvalue weighted by Gasteiger charge is -2.12. The molecular formula is C15H15ClFNO. The monoisotopic (exact) mass is 279 g/mol. The lowest BCUT2D eigenvalue weighted by atomic mass is 10.2. The molecule has 0 spiro atoms. The normalized spacial score (nSPS) is 10.3. The summed E-state index contributed by atoms with van der Waals surface area (Å²) in [6.07, 6.45) is 0. The molecule has 2 nitrogen and oxygen atoms in total. The Hall–Kier alpha value is -1.74. The number of ether oxygens (including phenoxy) is 1. The summed E-state index contributed by atoms with van der Waals surface area (Å²) in [5.41, 5.74) is 2.85. The molecule has 0 fully saturated rings. The highest BCUT2D eigenvalue weighted by Crippen LogP contribution is 2.26. The first kappa shape index (κ1) is 13.7. The Labute approximate surface area is 117 Å². The van der Waals surface area contributed by atoms with Gasteiger partial charge in [0.15, 0.2) is 0 Å². The smallest absolute Gasteiger partial charge is 0.142 e. The van der Waals surface area contributed by atoms with Crippen LogP contribution in [0.25, 0.3) is 0 Å². The molecule has 0 aliphatic rings. The van der Waals surface area contributed by atoms with Gasteiger partial charge in [-0.25, -0.2) is 4.39 Å². The van der Waals surface area contributed by atoms with E-state index in [1.165, 1.54) is 12.1 Å². The maximum Gasteiger partial charge on any atom is 0.142 e. The van der Waals surface area contributed by atoms with Crippen LogP contribution >= 0.6 is 11.6 Å². The van der Waals surface area contributed by atoms with E-state index in [0.29, 0.717) is 11.6 Å². The number of methoxy groups -OCH3 is 1. The minimum absolute atomic E-state index is 0.332. The summed E-state index contributed by atoms with van der Waals surface area (Å²) in [5.74, 6) is 0.444. The Morgan fingerprint density at radius 2 is 2.00 bits per heavy atom. The summed E-state index contributed by atoms with van der Waals surface area (Å²) in [7, 11) is 1.63. The minimum Gasteiger partial charge on any atom is -0.495 e. The zero-order valence-electron chi connectivity index (χ0n) is 10.8. The third-order valence-corrected chi connectivity index (χ3v) is 3.19. The number of halogens is 2. The molecule has 2 aromatic rings. The zero-order chi connectivity index (χ0) is 13.8. The van der Waals surface area contributed by atoms with Crippen molar-refractivity contribution in [3.8, 4) is 5.75 Å². The third kappa shape index (κ3) is 3.38. The van der Waals surface area contributed by atoms with Gasteiger partial charge in [0.1, 0.15) is 11.6 Å². The van der Waals surface area contributed by atoms with Gasteiger partial charge >= 0.3 is 0 Å². The Kier molecular flexibility index (Phi) is 4.27. The van der Waals surface area contributed by atoms with E-state index in [1.54, 1.807) is 13.2 Å². The number of hydrogen-bond donors (Lipinski definition) is 1. The summed E-state index contributed by atoms with van der Waals surface area (Å²) in [5, 5.41) is 3.65. The largest absolute Gasteiger partial charge is 0.495 e. The van der Waals surface area contributed by atoms with Gasteiger partial charge in [0.2, 0.25) is 0 Å². The summed E-state index contributed by atoms with van der Waals surface area (Å²) in [6.45, 7) is 2.52. The van der Waals surface area contributed by atoms with E-state index in [9.17, 15) is 4.39 Å². The Bertz CT molecular complexity index is 586. The van der Waals surface area contributed by atoms with E-state index in [1.807, 2.05) is 25.1 Å². The van der Waals surface area contributed by atoms with Crippen molar-refractivity contribution < 1.29 is 9.13 Å². The molecule has 0 bridgehead atoms. The predicted octanol–water partition coefficient (Wildman–Crippen LogP) is 4.41. The highest BCUT2D eigenvalue weighted by Gasteiger charge is 2.05. The molecule has 0 amide bonds. The van der Waals surface area contributed by atoms with Crippen LogP contribution in [-0.4, -0.2) is 7.11 Å². The predicted molar refractivity (Wildman–Crippen MR) is 76.5 cm³/mol. The second kappa shape index (κ2) is 5.93. The fourth-order valence-electron chi connectivity index (χ4n) is 1.80.